The van der Waals surface area contributed by atoms with E-state index in [0.29, 0.717) is 19.7 Å². The predicted molar refractivity (Wildman–Crippen MR) is 99.1 cm³/mol. The van der Waals surface area contributed by atoms with Gasteiger partial charge >= 0.3 is 6.03 Å². The molecule has 0 aromatic heterocycles. The molecule has 2 N–H and O–H groups in total. The highest BCUT2D eigenvalue weighted by Crippen LogP contribution is 2.25. The number of amides is 2. The van der Waals surface area contributed by atoms with Gasteiger partial charge in [0, 0.05) is 20.2 Å². The molecule has 0 radical (unpaired) electrons. The van der Waals surface area contributed by atoms with Gasteiger partial charge in [0.25, 0.3) is 0 Å². The lowest BCUT2D eigenvalue weighted by Gasteiger charge is -2.31. The van der Waals surface area contributed by atoms with Crippen molar-refractivity contribution in [1.82, 2.24) is 15.5 Å². The van der Waals surface area contributed by atoms with Crippen LogP contribution in [0.3, 0.4) is 0 Å². The van der Waals surface area contributed by atoms with Crippen LogP contribution in [-0.4, -0.2) is 57.9 Å². The van der Waals surface area contributed by atoms with E-state index in [4.69, 9.17) is 9.47 Å². The lowest BCUT2D eigenvalue weighted by Crippen LogP contribution is -2.43. The summed E-state index contributed by atoms with van der Waals surface area (Å²) < 4.78 is 10.2. The van der Waals surface area contributed by atoms with Crippen LogP contribution in [-0.2, 0) is 4.74 Å². The number of likely N-dealkylation sites (tertiary alicyclic amines) is 1. The van der Waals surface area contributed by atoms with Crippen LogP contribution in [0.1, 0.15) is 37.3 Å². The third kappa shape index (κ3) is 6.55. The molecule has 1 unspecified atom stereocenters. The SMILES string of the molecule is COCCNC(=O)NCC(c1ccc(OC)cc1)N1CCCCCC1. The molecule has 1 aromatic rings. The standard InChI is InChI=1S/C19H31N3O3/c1-24-14-11-20-19(23)21-15-18(22-12-5-3-4-6-13-22)16-7-9-17(25-2)10-8-16/h7-10,18H,3-6,11-15H2,1-2H3,(H2,20,21,23). The zero-order chi connectivity index (χ0) is 17.9. The van der Waals surface area contributed by atoms with Gasteiger partial charge < -0.3 is 20.1 Å². The van der Waals surface area contributed by atoms with Gasteiger partial charge in [-0.25, -0.2) is 4.79 Å². The van der Waals surface area contributed by atoms with Crippen LogP contribution in [0.2, 0.25) is 0 Å². The summed E-state index contributed by atoms with van der Waals surface area (Å²) in [6.45, 7) is 3.76. The van der Waals surface area contributed by atoms with Gasteiger partial charge in [0.05, 0.1) is 19.8 Å². The highest BCUT2D eigenvalue weighted by Gasteiger charge is 2.22. The van der Waals surface area contributed by atoms with Crippen molar-refractivity contribution < 1.29 is 14.3 Å². The molecule has 1 atom stereocenters. The summed E-state index contributed by atoms with van der Waals surface area (Å²) in [6, 6.07) is 8.19. The van der Waals surface area contributed by atoms with Gasteiger partial charge in [0.1, 0.15) is 5.75 Å². The molecule has 1 aliphatic heterocycles. The third-order valence-corrected chi connectivity index (χ3v) is 4.63. The van der Waals surface area contributed by atoms with E-state index in [9.17, 15) is 4.79 Å². The number of nitrogens with one attached hydrogen (secondary N) is 2. The van der Waals surface area contributed by atoms with Gasteiger partial charge in [-0.2, -0.15) is 0 Å². The molecule has 1 saturated heterocycles. The van der Waals surface area contributed by atoms with Crippen molar-refractivity contribution in [3.63, 3.8) is 0 Å². The predicted octanol–water partition coefficient (Wildman–Crippen LogP) is 2.56. The summed E-state index contributed by atoms with van der Waals surface area (Å²) >= 11 is 0. The number of benzene rings is 1. The number of hydrogen-bond donors (Lipinski definition) is 2. The molecule has 1 aliphatic rings. The van der Waals surface area contributed by atoms with E-state index in [1.54, 1.807) is 14.2 Å². The molecule has 25 heavy (non-hydrogen) atoms. The zero-order valence-corrected chi connectivity index (χ0v) is 15.4. The first kappa shape index (κ1) is 19.5. The van der Waals surface area contributed by atoms with Gasteiger partial charge in [-0.15, -0.1) is 0 Å². The number of hydrogen-bond acceptors (Lipinski definition) is 4. The maximum Gasteiger partial charge on any atom is 0.314 e. The van der Waals surface area contributed by atoms with E-state index in [1.807, 2.05) is 12.1 Å². The van der Waals surface area contributed by atoms with E-state index in [-0.39, 0.29) is 12.1 Å². The van der Waals surface area contributed by atoms with Crippen LogP contribution < -0.4 is 15.4 Å². The maximum atomic E-state index is 12.0. The minimum Gasteiger partial charge on any atom is -0.497 e. The largest absolute Gasteiger partial charge is 0.497 e. The number of ether oxygens (including phenoxy) is 2. The summed E-state index contributed by atoms with van der Waals surface area (Å²) in [5, 5.41) is 5.82. The number of urea groups is 1. The molecule has 6 heteroatoms. The molecule has 1 aromatic carbocycles. The van der Waals surface area contributed by atoms with E-state index >= 15 is 0 Å². The lowest BCUT2D eigenvalue weighted by atomic mass is 10.0. The van der Waals surface area contributed by atoms with Crippen LogP contribution in [0.15, 0.2) is 24.3 Å². The van der Waals surface area contributed by atoms with Gasteiger partial charge in [-0.1, -0.05) is 25.0 Å². The first-order valence-electron chi connectivity index (χ1n) is 9.13. The fraction of sp³-hybridized carbons (Fsp3) is 0.632. The number of carbonyl (C=O) groups is 1. The molecule has 2 rings (SSSR count). The minimum absolute atomic E-state index is 0.148. The normalized spacial score (nSPS) is 16.7. The zero-order valence-electron chi connectivity index (χ0n) is 15.4. The van der Waals surface area contributed by atoms with Crippen LogP contribution in [0, 0.1) is 0 Å². The number of rotatable bonds is 8. The summed E-state index contributed by atoms with van der Waals surface area (Å²) in [5.41, 5.74) is 1.21. The number of methoxy groups -OCH3 is 2. The Morgan fingerprint density at radius 2 is 1.76 bits per heavy atom. The summed E-state index contributed by atoms with van der Waals surface area (Å²) in [5.74, 6) is 0.851. The van der Waals surface area contributed by atoms with Crippen molar-refractivity contribution in [2.24, 2.45) is 0 Å². The first-order chi connectivity index (χ1) is 12.2. The van der Waals surface area contributed by atoms with Crippen molar-refractivity contribution >= 4 is 6.03 Å². The Hall–Kier alpha value is -1.79. The molecule has 0 saturated carbocycles. The molecule has 2 amide bonds. The minimum atomic E-state index is -0.148. The highest BCUT2D eigenvalue weighted by atomic mass is 16.5. The smallest absolute Gasteiger partial charge is 0.314 e. The van der Waals surface area contributed by atoms with Crippen LogP contribution in [0.5, 0.6) is 5.75 Å². The van der Waals surface area contributed by atoms with Gasteiger partial charge in [0.2, 0.25) is 0 Å². The van der Waals surface area contributed by atoms with Crippen molar-refractivity contribution in [3.8, 4) is 5.75 Å². The second-order valence-corrected chi connectivity index (χ2v) is 6.37. The van der Waals surface area contributed by atoms with Gasteiger partial charge in [-0.3, -0.25) is 4.90 Å². The molecular formula is C19H31N3O3. The van der Waals surface area contributed by atoms with Crippen LogP contribution >= 0.6 is 0 Å². The van der Waals surface area contributed by atoms with Gasteiger partial charge in [-0.05, 0) is 43.6 Å². The fourth-order valence-electron chi connectivity index (χ4n) is 3.21. The second kappa shape index (κ2) is 10.9. The molecule has 0 spiro atoms. The summed E-state index contributed by atoms with van der Waals surface area (Å²) in [7, 11) is 3.30. The van der Waals surface area contributed by atoms with Crippen molar-refractivity contribution in [2.45, 2.75) is 31.7 Å². The fourth-order valence-corrected chi connectivity index (χ4v) is 3.21. The summed E-state index contributed by atoms with van der Waals surface area (Å²) in [6.07, 6.45) is 5.01. The van der Waals surface area contributed by atoms with Crippen molar-refractivity contribution in [1.29, 1.82) is 0 Å². The Balaban J connectivity index is 2.01. The maximum absolute atomic E-state index is 12.0. The van der Waals surface area contributed by atoms with E-state index in [2.05, 4.69) is 27.7 Å². The Labute approximate surface area is 150 Å². The third-order valence-electron chi connectivity index (χ3n) is 4.63. The topological polar surface area (TPSA) is 62.8 Å². The molecule has 1 heterocycles. The van der Waals surface area contributed by atoms with E-state index in [0.717, 1.165) is 18.8 Å². The van der Waals surface area contributed by atoms with Crippen molar-refractivity contribution in [3.05, 3.63) is 29.8 Å². The monoisotopic (exact) mass is 349 g/mol. The molecule has 0 aliphatic carbocycles. The Bertz CT molecular complexity index is 499. The van der Waals surface area contributed by atoms with Gasteiger partial charge in [0.15, 0.2) is 0 Å². The molecular weight excluding hydrogens is 318 g/mol. The van der Waals surface area contributed by atoms with Crippen LogP contribution in [0.25, 0.3) is 0 Å². The number of nitrogens with zero attached hydrogens (tertiary/aromatic N) is 1. The number of carbonyl (C=O) groups excluding carboxylic acids is 1. The average Bonchev–Trinajstić information content (AvgIpc) is 2.92. The molecule has 1 fully saturated rings. The van der Waals surface area contributed by atoms with Crippen LogP contribution in [0.4, 0.5) is 4.79 Å². The quantitative estimate of drug-likeness (QED) is 0.708. The van der Waals surface area contributed by atoms with E-state index < -0.39 is 0 Å². The lowest BCUT2D eigenvalue weighted by molar-refractivity contribution is 0.187. The highest BCUT2D eigenvalue weighted by molar-refractivity contribution is 5.73. The average molecular weight is 349 g/mol. The van der Waals surface area contributed by atoms with E-state index in [1.165, 1.54) is 31.2 Å². The molecule has 0 bridgehead atoms. The summed E-state index contributed by atoms with van der Waals surface area (Å²) in [4.78, 5) is 14.5. The second-order valence-electron chi connectivity index (χ2n) is 6.37. The first-order valence-corrected chi connectivity index (χ1v) is 9.13. The Morgan fingerprint density at radius 1 is 1.08 bits per heavy atom. The Morgan fingerprint density at radius 3 is 2.36 bits per heavy atom. The molecule has 140 valence electrons. The van der Waals surface area contributed by atoms with Crippen molar-refractivity contribution in [2.75, 3.05) is 47.0 Å². The molecule has 6 nitrogen and oxygen atoms in total. The Kier molecular flexibility index (Phi) is 8.55.